The molecule has 112 valence electrons. The lowest BCUT2D eigenvalue weighted by Crippen LogP contribution is -2.36. The Labute approximate surface area is 123 Å². The van der Waals surface area contributed by atoms with Crippen molar-refractivity contribution >= 4 is 5.69 Å². The van der Waals surface area contributed by atoms with E-state index in [0.29, 0.717) is 5.41 Å². The van der Waals surface area contributed by atoms with E-state index in [1.165, 1.54) is 44.2 Å². The van der Waals surface area contributed by atoms with Gasteiger partial charge in [0, 0.05) is 25.3 Å². The van der Waals surface area contributed by atoms with Crippen LogP contribution in [-0.2, 0) is 0 Å². The molecule has 0 aromatic heterocycles. The van der Waals surface area contributed by atoms with Gasteiger partial charge in [0.2, 0.25) is 0 Å². The Kier molecular flexibility index (Phi) is 5.30. The normalized spacial score (nSPS) is 17.8. The smallest absolute Gasteiger partial charge is 0.120 e. The molecule has 0 amide bonds. The van der Waals surface area contributed by atoms with E-state index in [9.17, 15) is 0 Å². The minimum atomic E-state index is 0.380. The number of ether oxygens (including phenoxy) is 1. The van der Waals surface area contributed by atoms with E-state index >= 15 is 0 Å². The Morgan fingerprint density at radius 2 is 2.00 bits per heavy atom. The van der Waals surface area contributed by atoms with Gasteiger partial charge in [0.25, 0.3) is 0 Å². The number of hydrogen-bond acceptors (Lipinski definition) is 3. The van der Waals surface area contributed by atoms with Gasteiger partial charge in [-0.3, -0.25) is 0 Å². The molecule has 3 nitrogen and oxygen atoms in total. The van der Waals surface area contributed by atoms with Crippen LogP contribution in [-0.4, -0.2) is 27.2 Å². The van der Waals surface area contributed by atoms with Gasteiger partial charge in [-0.15, -0.1) is 0 Å². The van der Waals surface area contributed by atoms with Gasteiger partial charge in [0.1, 0.15) is 5.75 Å². The van der Waals surface area contributed by atoms with Crippen LogP contribution >= 0.6 is 0 Å². The summed E-state index contributed by atoms with van der Waals surface area (Å²) in [5.41, 5.74) is 7.67. The molecule has 0 saturated heterocycles. The fourth-order valence-electron chi connectivity index (χ4n) is 3.24. The van der Waals surface area contributed by atoms with E-state index in [0.717, 1.165) is 18.8 Å². The van der Waals surface area contributed by atoms with Crippen LogP contribution in [0.3, 0.4) is 0 Å². The monoisotopic (exact) mass is 276 g/mol. The molecular formula is C17H28N2O. The third-order valence-corrected chi connectivity index (χ3v) is 4.82. The molecular weight excluding hydrogens is 248 g/mol. The maximum absolute atomic E-state index is 6.07. The quantitative estimate of drug-likeness (QED) is 0.865. The zero-order valence-corrected chi connectivity index (χ0v) is 12.9. The van der Waals surface area contributed by atoms with E-state index in [1.54, 1.807) is 7.11 Å². The minimum absolute atomic E-state index is 0.380. The second kappa shape index (κ2) is 6.98. The summed E-state index contributed by atoms with van der Waals surface area (Å²) in [6.07, 6.45) is 7.87. The van der Waals surface area contributed by atoms with Crippen molar-refractivity contribution in [3.63, 3.8) is 0 Å². The lowest BCUT2D eigenvalue weighted by molar-refractivity contribution is 0.185. The highest BCUT2D eigenvalue weighted by Gasteiger charge is 2.30. The van der Waals surface area contributed by atoms with Crippen LogP contribution in [0.2, 0.25) is 0 Å². The summed E-state index contributed by atoms with van der Waals surface area (Å²) in [7, 11) is 3.87. The Morgan fingerprint density at radius 1 is 1.25 bits per heavy atom. The second-order valence-corrected chi connectivity index (χ2v) is 6.14. The van der Waals surface area contributed by atoms with Crippen molar-refractivity contribution in [2.75, 3.05) is 32.1 Å². The molecule has 2 N–H and O–H groups in total. The molecule has 1 aliphatic rings. The molecule has 1 aromatic carbocycles. The van der Waals surface area contributed by atoms with Crippen LogP contribution in [0.15, 0.2) is 24.3 Å². The molecule has 0 bridgehead atoms. The van der Waals surface area contributed by atoms with Gasteiger partial charge in [-0.05, 0) is 43.4 Å². The zero-order chi connectivity index (χ0) is 14.4. The van der Waals surface area contributed by atoms with E-state index in [-0.39, 0.29) is 0 Å². The summed E-state index contributed by atoms with van der Waals surface area (Å²) in [5, 5.41) is 0. The highest BCUT2D eigenvalue weighted by atomic mass is 16.5. The van der Waals surface area contributed by atoms with Crippen LogP contribution in [0.1, 0.15) is 38.5 Å². The van der Waals surface area contributed by atoms with Crippen molar-refractivity contribution in [3.8, 4) is 5.75 Å². The summed E-state index contributed by atoms with van der Waals surface area (Å²) < 4.78 is 5.29. The summed E-state index contributed by atoms with van der Waals surface area (Å²) in [5.74, 6) is 0.917. The van der Waals surface area contributed by atoms with Crippen molar-refractivity contribution in [1.82, 2.24) is 0 Å². The lowest BCUT2D eigenvalue weighted by atomic mass is 9.72. The van der Waals surface area contributed by atoms with Crippen LogP contribution in [0.5, 0.6) is 5.75 Å². The summed E-state index contributed by atoms with van der Waals surface area (Å²) in [4.78, 5) is 2.31. The average Bonchev–Trinajstić information content (AvgIpc) is 2.53. The van der Waals surface area contributed by atoms with Crippen molar-refractivity contribution in [2.24, 2.45) is 11.1 Å². The van der Waals surface area contributed by atoms with E-state index in [2.05, 4.69) is 24.1 Å². The van der Waals surface area contributed by atoms with E-state index in [4.69, 9.17) is 10.5 Å². The number of nitrogens with two attached hydrogens (primary N) is 1. The molecule has 0 unspecified atom stereocenters. The second-order valence-electron chi connectivity index (χ2n) is 6.14. The van der Waals surface area contributed by atoms with Crippen molar-refractivity contribution in [1.29, 1.82) is 0 Å². The molecule has 0 atom stereocenters. The minimum Gasteiger partial charge on any atom is -0.497 e. The van der Waals surface area contributed by atoms with Gasteiger partial charge < -0.3 is 15.4 Å². The number of methoxy groups -OCH3 is 1. The SMILES string of the molecule is COc1cccc(N(C)CCC2(CN)CCCCC2)c1. The Morgan fingerprint density at radius 3 is 2.65 bits per heavy atom. The number of benzene rings is 1. The predicted octanol–water partition coefficient (Wildman–Crippen LogP) is 3.43. The van der Waals surface area contributed by atoms with Gasteiger partial charge in [-0.25, -0.2) is 0 Å². The van der Waals surface area contributed by atoms with Crippen LogP contribution in [0, 0.1) is 5.41 Å². The fraction of sp³-hybridized carbons (Fsp3) is 0.647. The van der Waals surface area contributed by atoms with Crippen LogP contribution in [0.4, 0.5) is 5.69 Å². The highest BCUT2D eigenvalue weighted by Crippen LogP contribution is 2.38. The van der Waals surface area contributed by atoms with Gasteiger partial charge in [0.15, 0.2) is 0 Å². The third kappa shape index (κ3) is 3.66. The molecule has 1 fully saturated rings. The van der Waals surface area contributed by atoms with Crippen LogP contribution < -0.4 is 15.4 Å². The first-order valence-corrected chi connectivity index (χ1v) is 7.74. The topological polar surface area (TPSA) is 38.5 Å². The molecule has 2 rings (SSSR count). The van der Waals surface area contributed by atoms with Crippen LogP contribution in [0.25, 0.3) is 0 Å². The Bertz CT molecular complexity index is 413. The molecule has 1 aromatic rings. The average molecular weight is 276 g/mol. The van der Waals surface area contributed by atoms with Gasteiger partial charge in [-0.2, -0.15) is 0 Å². The van der Waals surface area contributed by atoms with Crippen molar-refractivity contribution < 1.29 is 4.74 Å². The number of hydrogen-bond donors (Lipinski definition) is 1. The van der Waals surface area contributed by atoms with E-state index < -0.39 is 0 Å². The molecule has 3 heteroatoms. The fourth-order valence-corrected chi connectivity index (χ4v) is 3.24. The Hall–Kier alpha value is -1.22. The molecule has 20 heavy (non-hydrogen) atoms. The van der Waals surface area contributed by atoms with Crippen molar-refractivity contribution in [3.05, 3.63) is 24.3 Å². The lowest BCUT2D eigenvalue weighted by Gasteiger charge is -2.37. The molecule has 0 radical (unpaired) electrons. The predicted molar refractivity (Wildman–Crippen MR) is 85.5 cm³/mol. The van der Waals surface area contributed by atoms with E-state index in [1.807, 2.05) is 12.1 Å². The summed E-state index contributed by atoms with van der Waals surface area (Å²) >= 11 is 0. The largest absolute Gasteiger partial charge is 0.497 e. The molecule has 1 saturated carbocycles. The zero-order valence-electron chi connectivity index (χ0n) is 12.9. The summed E-state index contributed by atoms with van der Waals surface area (Å²) in [6.45, 7) is 1.89. The molecule has 1 aliphatic carbocycles. The highest BCUT2D eigenvalue weighted by molar-refractivity contribution is 5.50. The first-order chi connectivity index (χ1) is 9.69. The molecule has 0 aliphatic heterocycles. The Balaban J connectivity index is 1.94. The third-order valence-electron chi connectivity index (χ3n) is 4.82. The first kappa shape index (κ1) is 15.2. The molecule has 0 spiro atoms. The van der Waals surface area contributed by atoms with Gasteiger partial charge in [-0.1, -0.05) is 25.3 Å². The standard InChI is InChI=1S/C17H28N2O/c1-19(15-7-6-8-16(13-15)20-2)12-11-17(14-18)9-4-3-5-10-17/h6-8,13H,3-5,9-12,14,18H2,1-2H3. The first-order valence-electron chi connectivity index (χ1n) is 7.74. The number of nitrogens with zero attached hydrogens (tertiary/aromatic N) is 1. The maximum Gasteiger partial charge on any atom is 0.120 e. The summed E-state index contributed by atoms with van der Waals surface area (Å²) in [6, 6.07) is 8.26. The van der Waals surface area contributed by atoms with Gasteiger partial charge >= 0.3 is 0 Å². The van der Waals surface area contributed by atoms with Crippen molar-refractivity contribution in [2.45, 2.75) is 38.5 Å². The molecule has 0 heterocycles. The van der Waals surface area contributed by atoms with Gasteiger partial charge in [0.05, 0.1) is 7.11 Å². The number of rotatable bonds is 6. The maximum atomic E-state index is 6.07. The number of anilines is 1.